The maximum atomic E-state index is 6.66. The summed E-state index contributed by atoms with van der Waals surface area (Å²) in [6.07, 6.45) is 7.70. The first-order chi connectivity index (χ1) is 29.5. The minimum atomic E-state index is -0.451. The summed E-state index contributed by atoms with van der Waals surface area (Å²) in [5, 5.41) is 0. The lowest BCUT2D eigenvalue weighted by Gasteiger charge is -2.33. The van der Waals surface area contributed by atoms with E-state index in [9.17, 15) is 0 Å². The van der Waals surface area contributed by atoms with Crippen LogP contribution in [0.4, 0.5) is 17.1 Å². The molecule has 0 fully saturated rings. The summed E-state index contributed by atoms with van der Waals surface area (Å²) in [5.74, 6) is 1.66. The first-order valence-corrected chi connectivity index (χ1v) is 20.9. The average molecular weight is 768 g/mol. The van der Waals surface area contributed by atoms with E-state index in [1.165, 1.54) is 66.8 Å². The lowest BCUT2D eigenvalue weighted by Crippen LogP contribution is -2.26. The molecular weight excluding hydrogens is 727 g/mol. The molecule has 8 aromatic rings. The second kappa shape index (κ2) is 12.8. The molecule has 0 bridgehead atoms. The topological polar surface area (TPSA) is 12.5 Å². The number of hydrogen-bond acceptors (Lipinski definition) is 2. The van der Waals surface area contributed by atoms with E-state index >= 15 is 0 Å². The van der Waals surface area contributed by atoms with Crippen LogP contribution in [-0.4, -0.2) is 0 Å². The minimum Gasteiger partial charge on any atom is -0.456 e. The molecule has 1 spiro atoms. The van der Waals surface area contributed by atoms with E-state index in [4.69, 9.17) is 4.74 Å². The fraction of sp³-hybridized carbons (Fsp3) is 0.0690. The number of rotatable bonds is 5. The molecule has 0 N–H and O–H groups in total. The fourth-order valence-electron chi connectivity index (χ4n) is 10.9. The van der Waals surface area contributed by atoms with Gasteiger partial charge < -0.3 is 9.64 Å². The Morgan fingerprint density at radius 3 is 1.47 bits per heavy atom. The average Bonchev–Trinajstić information content (AvgIpc) is 3.85. The van der Waals surface area contributed by atoms with E-state index in [1.54, 1.807) is 6.08 Å². The van der Waals surface area contributed by atoms with Gasteiger partial charge in [-0.3, -0.25) is 0 Å². The quantitative estimate of drug-likeness (QED) is 0.162. The predicted molar refractivity (Wildman–Crippen MR) is 248 cm³/mol. The van der Waals surface area contributed by atoms with Crippen molar-refractivity contribution in [1.29, 1.82) is 0 Å². The molecule has 8 aromatic carbocycles. The van der Waals surface area contributed by atoms with Gasteiger partial charge in [-0.2, -0.15) is 0 Å². The van der Waals surface area contributed by atoms with Gasteiger partial charge in [-0.15, -0.1) is 0 Å². The molecule has 0 saturated heterocycles. The third-order valence-electron chi connectivity index (χ3n) is 13.5. The van der Waals surface area contributed by atoms with E-state index in [1.807, 2.05) is 18.2 Å². The van der Waals surface area contributed by atoms with Crippen LogP contribution in [-0.2, 0) is 10.8 Å². The smallest absolute Gasteiger partial charge is 0.135 e. The lowest BCUT2D eigenvalue weighted by atomic mass is 9.70. The molecule has 3 aliphatic carbocycles. The molecule has 0 unspecified atom stereocenters. The van der Waals surface area contributed by atoms with Gasteiger partial charge in [-0.05, 0) is 121 Å². The summed E-state index contributed by atoms with van der Waals surface area (Å²) in [4.78, 5) is 2.46. The second-order valence-corrected chi connectivity index (χ2v) is 16.8. The standard InChI is InChI=1S/C58H41NO/c1-4-5-6-27-55-47-22-8-7-17-40(47)48-34-37(30-33-56(48)60-55)59(38-28-31-45-41-18-9-13-23-49(41)57(2,3)53(45)35-38)39-29-32-46-44-21-12-16-26-52(44)58(54(46)36-39)50-24-14-10-19-42(50)43-20-11-15-25-51(43)58/h4-36H,1H2,2-3H3/b6-5-,55-27-. The van der Waals surface area contributed by atoms with Crippen LogP contribution in [0.1, 0.15) is 52.8 Å². The van der Waals surface area contributed by atoms with E-state index < -0.39 is 5.41 Å². The van der Waals surface area contributed by atoms with Crippen molar-refractivity contribution >= 4 is 22.8 Å². The third-order valence-corrected chi connectivity index (χ3v) is 13.5. The molecule has 0 atom stereocenters. The largest absolute Gasteiger partial charge is 0.456 e. The van der Waals surface area contributed by atoms with Crippen LogP contribution in [0.3, 0.4) is 0 Å². The SMILES string of the molecule is C=C/C=C\C=C1/Oc2ccc(N(c3ccc4c(c3)C(C)(C)c3ccccc3-4)c3ccc4c(c3)C3(c5ccccc5-c5ccccc53)c3ccccc3-4)cc2-c2ccccc21. The predicted octanol–water partition coefficient (Wildman–Crippen LogP) is 14.9. The first kappa shape index (κ1) is 34.6. The van der Waals surface area contributed by atoms with Gasteiger partial charge in [-0.1, -0.05) is 172 Å². The highest BCUT2D eigenvalue weighted by Crippen LogP contribution is 2.63. The van der Waals surface area contributed by atoms with E-state index in [-0.39, 0.29) is 5.41 Å². The van der Waals surface area contributed by atoms with Crippen LogP contribution in [0, 0.1) is 0 Å². The summed E-state index contributed by atoms with van der Waals surface area (Å²) in [6.45, 7) is 8.57. The van der Waals surface area contributed by atoms with E-state index in [0.29, 0.717) is 0 Å². The summed E-state index contributed by atoms with van der Waals surface area (Å²) >= 11 is 0. The Morgan fingerprint density at radius 2 is 0.867 bits per heavy atom. The summed E-state index contributed by atoms with van der Waals surface area (Å²) in [6, 6.07) is 65.5. The first-order valence-electron chi connectivity index (χ1n) is 20.9. The zero-order valence-electron chi connectivity index (χ0n) is 33.6. The van der Waals surface area contributed by atoms with Crippen molar-refractivity contribution in [3.63, 3.8) is 0 Å². The van der Waals surface area contributed by atoms with Gasteiger partial charge in [0.25, 0.3) is 0 Å². The van der Waals surface area contributed by atoms with Crippen LogP contribution in [0.5, 0.6) is 5.75 Å². The lowest BCUT2D eigenvalue weighted by molar-refractivity contribution is 0.512. The van der Waals surface area contributed by atoms with Crippen molar-refractivity contribution in [3.8, 4) is 50.3 Å². The van der Waals surface area contributed by atoms with E-state index in [2.05, 4.69) is 201 Å². The molecule has 284 valence electrons. The van der Waals surface area contributed by atoms with Crippen molar-refractivity contribution in [1.82, 2.24) is 0 Å². The number of benzene rings is 8. The molecule has 4 aliphatic rings. The Hall–Kier alpha value is -7.42. The van der Waals surface area contributed by atoms with Crippen LogP contribution in [0.25, 0.3) is 50.3 Å². The molecule has 60 heavy (non-hydrogen) atoms. The van der Waals surface area contributed by atoms with Crippen LogP contribution >= 0.6 is 0 Å². The fourth-order valence-corrected chi connectivity index (χ4v) is 10.9. The zero-order chi connectivity index (χ0) is 40.2. The van der Waals surface area contributed by atoms with Crippen LogP contribution in [0.2, 0.25) is 0 Å². The van der Waals surface area contributed by atoms with Gasteiger partial charge in [0.1, 0.15) is 11.5 Å². The minimum absolute atomic E-state index is 0.153. The monoisotopic (exact) mass is 767 g/mol. The zero-order valence-corrected chi connectivity index (χ0v) is 33.6. The number of hydrogen-bond donors (Lipinski definition) is 0. The van der Waals surface area contributed by atoms with Crippen molar-refractivity contribution in [3.05, 3.63) is 246 Å². The highest BCUT2D eigenvalue weighted by atomic mass is 16.5. The van der Waals surface area contributed by atoms with Crippen molar-refractivity contribution in [2.75, 3.05) is 4.90 Å². The maximum absolute atomic E-state index is 6.66. The molecule has 1 aliphatic heterocycles. The molecule has 2 heteroatoms. The molecular formula is C58H41NO. The van der Waals surface area contributed by atoms with Crippen molar-refractivity contribution < 1.29 is 4.74 Å². The Bertz CT molecular complexity index is 3130. The number of nitrogens with zero attached hydrogens (tertiary/aromatic N) is 1. The Morgan fingerprint density at radius 1 is 0.417 bits per heavy atom. The Kier molecular flexibility index (Phi) is 7.38. The number of ether oxygens (including phenoxy) is 1. The molecule has 1 heterocycles. The van der Waals surface area contributed by atoms with Gasteiger partial charge in [0.15, 0.2) is 0 Å². The van der Waals surface area contributed by atoms with Gasteiger partial charge in [0, 0.05) is 33.6 Å². The molecule has 2 nitrogen and oxygen atoms in total. The summed E-state index contributed by atoms with van der Waals surface area (Å²) in [7, 11) is 0. The number of fused-ring (bicyclic) bond motifs is 16. The maximum Gasteiger partial charge on any atom is 0.135 e. The van der Waals surface area contributed by atoms with Crippen LogP contribution < -0.4 is 9.64 Å². The molecule has 0 saturated carbocycles. The number of anilines is 3. The normalized spacial score (nSPS) is 15.6. The van der Waals surface area contributed by atoms with Gasteiger partial charge in [0.2, 0.25) is 0 Å². The number of allylic oxidation sites excluding steroid dienone is 4. The highest BCUT2D eigenvalue weighted by Gasteiger charge is 2.51. The van der Waals surface area contributed by atoms with Crippen LogP contribution in [0.15, 0.2) is 207 Å². The van der Waals surface area contributed by atoms with E-state index in [0.717, 1.165) is 45.3 Å². The third kappa shape index (κ3) is 4.65. The summed E-state index contributed by atoms with van der Waals surface area (Å²) in [5.41, 5.74) is 21.8. The van der Waals surface area contributed by atoms with Gasteiger partial charge in [0.05, 0.1) is 5.41 Å². The van der Waals surface area contributed by atoms with Gasteiger partial charge >= 0.3 is 0 Å². The molecule has 12 rings (SSSR count). The van der Waals surface area contributed by atoms with Crippen molar-refractivity contribution in [2.24, 2.45) is 0 Å². The van der Waals surface area contributed by atoms with Crippen molar-refractivity contribution in [2.45, 2.75) is 24.7 Å². The highest BCUT2D eigenvalue weighted by molar-refractivity contribution is 5.97. The second-order valence-electron chi connectivity index (χ2n) is 16.8. The molecule has 0 radical (unpaired) electrons. The molecule has 0 aromatic heterocycles. The Labute approximate surface area is 351 Å². The molecule has 0 amide bonds. The summed E-state index contributed by atoms with van der Waals surface area (Å²) < 4.78 is 6.66. The Balaban J connectivity index is 1.10. The van der Waals surface area contributed by atoms with Gasteiger partial charge in [-0.25, -0.2) is 0 Å².